The predicted molar refractivity (Wildman–Crippen MR) is 124 cm³/mol. The summed E-state index contributed by atoms with van der Waals surface area (Å²) in [6.07, 6.45) is 6.56. The van der Waals surface area contributed by atoms with E-state index in [1.165, 1.54) is 16.4 Å². The maximum absolute atomic E-state index is 13.1. The van der Waals surface area contributed by atoms with Crippen LogP contribution in [0.3, 0.4) is 0 Å². The number of benzene rings is 2. The molecule has 7 nitrogen and oxygen atoms in total. The maximum atomic E-state index is 13.1. The Bertz CT molecular complexity index is 1180. The monoisotopic (exact) mass is 453 g/mol. The van der Waals surface area contributed by atoms with Crippen molar-refractivity contribution in [1.29, 1.82) is 0 Å². The lowest BCUT2D eigenvalue weighted by molar-refractivity contribution is 0.102. The maximum Gasteiger partial charge on any atom is 0.255 e. The first-order valence-electron chi connectivity index (χ1n) is 10.8. The zero-order chi connectivity index (χ0) is 22.6. The van der Waals surface area contributed by atoms with Crippen molar-refractivity contribution in [2.45, 2.75) is 31.1 Å². The van der Waals surface area contributed by atoms with Gasteiger partial charge in [0, 0.05) is 36.7 Å². The number of nitrogens with one attached hydrogen (secondary N) is 1. The van der Waals surface area contributed by atoms with Gasteiger partial charge in [-0.3, -0.25) is 4.79 Å². The van der Waals surface area contributed by atoms with E-state index in [1.54, 1.807) is 18.2 Å². The third-order valence-electron chi connectivity index (χ3n) is 5.46. The lowest BCUT2D eigenvalue weighted by atomic mass is 10.1. The van der Waals surface area contributed by atoms with Gasteiger partial charge in [0.2, 0.25) is 10.0 Å². The van der Waals surface area contributed by atoms with Crippen LogP contribution < -0.4 is 10.1 Å². The van der Waals surface area contributed by atoms with Crippen molar-refractivity contribution >= 4 is 21.6 Å². The molecule has 8 heteroatoms. The third kappa shape index (κ3) is 4.71. The van der Waals surface area contributed by atoms with E-state index < -0.39 is 10.0 Å². The third-order valence-corrected chi connectivity index (χ3v) is 7.36. The van der Waals surface area contributed by atoms with Gasteiger partial charge >= 0.3 is 0 Å². The van der Waals surface area contributed by atoms with E-state index >= 15 is 0 Å². The second-order valence-corrected chi connectivity index (χ2v) is 9.59. The molecule has 168 valence electrons. The number of nitrogens with zero attached hydrogens (tertiary/aromatic N) is 2. The Morgan fingerprint density at radius 3 is 2.47 bits per heavy atom. The summed E-state index contributed by atoms with van der Waals surface area (Å²) in [5.41, 5.74) is 1.65. The first kappa shape index (κ1) is 22.1. The lowest BCUT2D eigenvalue weighted by Gasteiger charge is -2.26. The standard InChI is InChI=1S/C24H27N3O4S/c1-2-31-23-12-11-21(32(29,30)27-15-4-3-5-16-27)18-22(23)25-24(28)19-9-8-10-20(17-19)26-13-6-7-14-26/h6-14,17-18H,2-5,15-16H2,1H3,(H,25,28). The van der Waals surface area contributed by atoms with Crippen molar-refractivity contribution < 1.29 is 17.9 Å². The van der Waals surface area contributed by atoms with Gasteiger partial charge in [0.25, 0.3) is 5.91 Å². The minimum Gasteiger partial charge on any atom is -0.492 e. The Kier molecular flexibility index (Phi) is 6.62. The number of carbonyl (C=O) groups is 1. The van der Waals surface area contributed by atoms with Crippen LogP contribution in [0, 0.1) is 0 Å². The summed E-state index contributed by atoms with van der Waals surface area (Å²) in [5.74, 6) is 0.0903. The molecule has 0 bridgehead atoms. The summed E-state index contributed by atoms with van der Waals surface area (Å²) in [5, 5.41) is 2.84. The number of amides is 1. The number of ether oxygens (including phenoxy) is 1. The molecule has 0 aliphatic carbocycles. The number of anilines is 1. The average molecular weight is 454 g/mol. The number of hydrogen-bond acceptors (Lipinski definition) is 4. The summed E-state index contributed by atoms with van der Waals surface area (Å²) < 4.78 is 35.3. The number of sulfonamides is 1. The summed E-state index contributed by atoms with van der Waals surface area (Å²) in [6, 6.07) is 15.7. The van der Waals surface area contributed by atoms with Crippen LogP contribution >= 0.6 is 0 Å². The Balaban J connectivity index is 1.63. The number of hydrogen-bond donors (Lipinski definition) is 1. The fraction of sp³-hybridized carbons (Fsp3) is 0.292. The molecule has 1 fully saturated rings. The van der Waals surface area contributed by atoms with Crippen molar-refractivity contribution in [3.05, 3.63) is 72.6 Å². The molecule has 1 saturated heterocycles. The Hall–Kier alpha value is -3.10. The van der Waals surface area contributed by atoms with E-state index in [0.29, 0.717) is 36.7 Å². The summed E-state index contributed by atoms with van der Waals surface area (Å²) >= 11 is 0. The van der Waals surface area contributed by atoms with Crippen LogP contribution in [0.15, 0.2) is 71.9 Å². The van der Waals surface area contributed by atoms with Crippen molar-refractivity contribution in [3.8, 4) is 11.4 Å². The molecule has 2 aromatic carbocycles. The van der Waals surface area contributed by atoms with Crippen LogP contribution in [0.25, 0.3) is 5.69 Å². The average Bonchev–Trinajstić information content (AvgIpc) is 3.36. The predicted octanol–water partition coefficient (Wildman–Crippen LogP) is 4.30. The van der Waals surface area contributed by atoms with Crippen LogP contribution in [-0.4, -0.2) is 42.9 Å². The van der Waals surface area contributed by atoms with Gasteiger partial charge in [-0.05, 0) is 68.3 Å². The molecule has 0 radical (unpaired) electrons. The highest BCUT2D eigenvalue weighted by Gasteiger charge is 2.27. The molecule has 2 heterocycles. The van der Waals surface area contributed by atoms with Gasteiger partial charge in [-0.15, -0.1) is 0 Å². The van der Waals surface area contributed by atoms with Crippen LogP contribution in [0.4, 0.5) is 5.69 Å². The van der Waals surface area contributed by atoms with E-state index in [2.05, 4.69) is 5.32 Å². The molecule has 4 rings (SSSR count). The fourth-order valence-corrected chi connectivity index (χ4v) is 5.36. The molecule has 1 aliphatic rings. The largest absolute Gasteiger partial charge is 0.492 e. The molecule has 1 N–H and O–H groups in total. The van der Waals surface area contributed by atoms with Gasteiger partial charge in [-0.1, -0.05) is 12.5 Å². The van der Waals surface area contributed by atoms with Crippen LogP contribution in [0.1, 0.15) is 36.5 Å². The first-order valence-corrected chi connectivity index (χ1v) is 12.2. The van der Waals surface area contributed by atoms with Crippen molar-refractivity contribution in [1.82, 2.24) is 8.87 Å². The lowest BCUT2D eigenvalue weighted by Crippen LogP contribution is -2.35. The van der Waals surface area contributed by atoms with Crippen molar-refractivity contribution in [3.63, 3.8) is 0 Å². The number of aromatic nitrogens is 1. The van der Waals surface area contributed by atoms with Gasteiger partial charge in [-0.2, -0.15) is 4.31 Å². The SMILES string of the molecule is CCOc1ccc(S(=O)(=O)N2CCCCC2)cc1NC(=O)c1cccc(-n2cccc2)c1. The number of rotatable bonds is 7. The van der Waals surface area contributed by atoms with Crippen LogP contribution in [0.5, 0.6) is 5.75 Å². The topological polar surface area (TPSA) is 80.6 Å². The van der Waals surface area contributed by atoms with Gasteiger partial charge in [0.1, 0.15) is 5.75 Å². The highest BCUT2D eigenvalue weighted by molar-refractivity contribution is 7.89. The molecular formula is C24H27N3O4S. The highest BCUT2D eigenvalue weighted by Crippen LogP contribution is 2.30. The number of carbonyl (C=O) groups excluding carboxylic acids is 1. The summed E-state index contributed by atoms with van der Waals surface area (Å²) in [6.45, 7) is 3.27. The van der Waals surface area contributed by atoms with Gasteiger partial charge in [0.15, 0.2) is 0 Å². The molecule has 1 aliphatic heterocycles. The second-order valence-electron chi connectivity index (χ2n) is 7.65. The summed E-state index contributed by atoms with van der Waals surface area (Å²) in [7, 11) is -3.63. The summed E-state index contributed by atoms with van der Waals surface area (Å²) in [4.78, 5) is 13.2. The Labute approximate surface area is 188 Å². The van der Waals surface area contributed by atoms with E-state index in [0.717, 1.165) is 24.9 Å². The van der Waals surface area contributed by atoms with Crippen LogP contribution in [0.2, 0.25) is 0 Å². The smallest absolute Gasteiger partial charge is 0.255 e. The normalized spacial score (nSPS) is 14.8. The molecule has 1 aromatic heterocycles. The fourth-order valence-electron chi connectivity index (χ4n) is 3.81. The zero-order valence-electron chi connectivity index (χ0n) is 18.0. The first-order chi connectivity index (χ1) is 15.5. The van der Waals surface area contributed by atoms with Gasteiger partial charge in [-0.25, -0.2) is 8.42 Å². The molecule has 0 unspecified atom stereocenters. The van der Waals surface area contributed by atoms with Crippen molar-refractivity contribution in [2.24, 2.45) is 0 Å². The van der Waals surface area contributed by atoms with Crippen molar-refractivity contribution in [2.75, 3.05) is 25.0 Å². The molecular weight excluding hydrogens is 426 g/mol. The second kappa shape index (κ2) is 9.58. The number of piperidine rings is 1. The van der Waals surface area contributed by atoms with E-state index in [9.17, 15) is 13.2 Å². The molecule has 0 saturated carbocycles. The molecule has 32 heavy (non-hydrogen) atoms. The van der Waals surface area contributed by atoms with Crippen LogP contribution in [-0.2, 0) is 10.0 Å². The molecule has 0 spiro atoms. The highest BCUT2D eigenvalue weighted by atomic mass is 32.2. The van der Waals surface area contributed by atoms with E-state index in [4.69, 9.17) is 4.74 Å². The van der Waals surface area contributed by atoms with E-state index in [1.807, 2.05) is 48.1 Å². The molecule has 3 aromatic rings. The Morgan fingerprint density at radius 1 is 1.00 bits per heavy atom. The quantitative estimate of drug-likeness (QED) is 0.578. The minimum atomic E-state index is -3.63. The molecule has 0 atom stereocenters. The zero-order valence-corrected chi connectivity index (χ0v) is 18.8. The minimum absolute atomic E-state index is 0.152. The van der Waals surface area contributed by atoms with Gasteiger partial charge in [0.05, 0.1) is 17.2 Å². The van der Waals surface area contributed by atoms with E-state index in [-0.39, 0.29) is 10.8 Å². The Morgan fingerprint density at radius 2 is 1.75 bits per heavy atom. The molecule has 1 amide bonds. The van der Waals surface area contributed by atoms with Gasteiger partial charge < -0.3 is 14.6 Å².